The van der Waals surface area contributed by atoms with E-state index in [1.807, 2.05) is 0 Å². The van der Waals surface area contributed by atoms with E-state index in [9.17, 15) is 0 Å². The van der Waals surface area contributed by atoms with Crippen LogP contribution in [0.25, 0.3) is 0 Å². The molecule has 0 unspecified atom stereocenters. The van der Waals surface area contributed by atoms with Crippen LogP contribution >= 0.6 is 244 Å². The average molecular weight is 868 g/mol. The van der Waals surface area contributed by atoms with Crippen LogP contribution in [0.4, 0.5) is 0 Å². The molecule has 0 aliphatic rings. The lowest BCUT2D eigenvalue weighted by atomic mass is 11.8. The maximum atomic E-state index is 7.00. The molecular weight excluding hydrogens is 857 g/mol. The minimum Gasteiger partial charge on any atom is -0.400 e. The van der Waals surface area contributed by atoms with Crippen LogP contribution in [0.5, 0.6) is 0 Å². The summed E-state index contributed by atoms with van der Waals surface area (Å²) in [6.45, 7) is 0. The molecule has 0 amide bonds. The summed E-state index contributed by atoms with van der Waals surface area (Å²) < 4.78 is -5.25. The number of rotatable bonds is 0. The Morgan fingerprint density at radius 3 is 0.233 bits per heavy atom. The molecule has 0 saturated carbocycles. The van der Waals surface area contributed by atoms with Gasteiger partial charge in [-0.1, -0.05) is 244 Å². The molecule has 0 saturated heterocycles. The van der Waals surface area contributed by atoms with Gasteiger partial charge in [0, 0.05) is 7.11 Å². The van der Waals surface area contributed by atoms with Crippen molar-refractivity contribution in [2.45, 2.75) is 30.1 Å². The van der Waals surface area contributed by atoms with Crippen molar-refractivity contribution in [3.63, 3.8) is 0 Å². The lowest BCUT2D eigenvalue weighted by Crippen LogP contribution is -1.55. The number of aliphatic hydroxyl groups excluding tert-OH is 1. The third-order valence-corrected chi connectivity index (χ3v) is 0. The summed E-state index contributed by atoms with van der Waals surface area (Å²) in [4.78, 5) is 0. The average Bonchev–Trinajstić information content (AvgIpc) is 2.34. The summed E-state index contributed by atoms with van der Waals surface area (Å²) in [5.41, 5.74) is 0. The summed E-state index contributed by atoms with van der Waals surface area (Å²) >= 11 is 101. The molecule has 196 valence electrons. The quantitative estimate of drug-likeness (QED) is 0.241. The Morgan fingerprint density at radius 1 is 0.233 bits per heavy atom. The fourth-order valence-corrected chi connectivity index (χ4v) is 0. The zero-order valence-electron chi connectivity index (χ0n) is 13.4. The third-order valence-electron chi connectivity index (χ3n) is 0. The Hall–Kier alpha value is 6.05. The van der Waals surface area contributed by atoms with Crippen LogP contribution in [0, 0.1) is 0 Å². The molecule has 0 rings (SSSR count). The first-order valence-corrected chi connectivity index (χ1v) is 14.2. The normalized spacial score (nSPS) is 8.60. The lowest BCUT2D eigenvalue weighted by molar-refractivity contribution is 0.399. The molecule has 0 atom stereocenters. The van der Waals surface area contributed by atoms with Crippen molar-refractivity contribution in [1.82, 2.24) is 0 Å². The molecular formula is C8H11Cl21O. The van der Waals surface area contributed by atoms with Crippen LogP contribution in [0.1, 0.15) is 0 Å². The van der Waals surface area contributed by atoms with E-state index in [0.29, 0.717) is 0 Å². The highest BCUT2D eigenvalue weighted by atomic mass is 35.6. The first-order chi connectivity index (χ1) is 13.1. The molecule has 30 heavy (non-hydrogen) atoms. The summed E-state index contributed by atoms with van der Waals surface area (Å²) in [6, 6.07) is 0. The second-order valence-electron chi connectivity index (χ2n) is 1.73. The Labute approximate surface area is 281 Å². The van der Waals surface area contributed by atoms with E-state index in [2.05, 4.69) is 0 Å². The maximum absolute atomic E-state index is 7.00. The fourth-order valence-electron chi connectivity index (χ4n) is 0. The van der Waals surface area contributed by atoms with E-state index in [4.69, 9.17) is 249 Å². The number of hydrogen-bond donors (Lipinski definition) is 1. The molecule has 1 N–H and O–H groups in total. The Morgan fingerprint density at radius 2 is 0.233 bits per heavy atom. The topological polar surface area (TPSA) is 20.2 Å². The van der Waals surface area contributed by atoms with E-state index in [-0.39, 0.29) is 0 Å². The predicted molar refractivity (Wildman–Crippen MR) is 158 cm³/mol. The molecule has 0 heterocycles. The molecule has 0 aliphatic carbocycles. The zero-order valence-corrected chi connectivity index (χ0v) is 29.3. The maximum Gasteiger partial charge on any atom is 0.180 e. The molecule has 0 aromatic heterocycles. The van der Waals surface area contributed by atoms with E-state index in [1.165, 1.54) is 0 Å². The summed E-state index contributed by atoms with van der Waals surface area (Å²) in [6.07, 6.45) is 0. The molecule has 0 spiro atoms. The van der Waals surface area contributed by atoms with Gasteiger partial charge in [-0.15, -0.1) is 0 Å². The van der Waals surface area contributed by atoms with Gasteiger partial charge in [-0.25, -0.2) is 0 Å². The Bertz CT molecular complexity index is 123. The van der Waals surface area contributed by atoms with Gasteiger partial charge in [0.1, 0.15) is 0 Å². The highest BCUT2D eigenvalue weighted by Gasteiger charge is 1.81. The van der Waals surface area contributed by atoms with Crippen molar-refractivity contribution in [2.24, 2.45) is 0 Å². The van der Waals surface area contributed by atoms with Crippen molar-refractivity contribution in [3.8, 4) is 0 Å². The van der Waals surface area contributed by atoms with Gasteiger partial charge in [0.15, 0.2) is 30.1 Å². The summed E-state index contributed by atoms with van der Waals surface area (Å²) in [7, 11) is 1.00. The van der Waals surface area contributed by atoms with Crippen LogP contribution in [-0.2, 0) is 0 Å². The van der Waals surface area contributed by atoms with Crippen LogP contribution in [0.3, 0.4) is 0 Å². The standard InChI is InChI=1S/7CHCl3.CH4O/c7*2-1(3)4;1-2/h7*1H;2H,1H3. The molecule has 0 radical (unpaired) electrons. The smallest absolute Gasteiger partial charge is 0.180 e. The number of halogens is 21. The van der Waals surface area contributed by atoms with E-state index < -0.39 is 30.1 Å². The van der Waals surface area contributed by atoms with Gasteiger partial charge in [0.25, 0.3) is 0 Å². The molecule has 0 bridgehead atoms. The second kappa shape index (κ2) is 55.5. The van der Waals surface area contributed by atoms with Crippen molar-refractivity contribution in [2.75, 3.05) is 7.11 Å². The molecule has 0 aromatic rings. The van der Waals surface area contributed by atoms with Crippen LogP contribution in [0.2, 0.25) is 0 Å². The van der Waals surface area contributed by atoms with E-state index >= 15 is 0 Å². The highest BCUT2D eigenvalue weighted by Crippen LogP contribution is 2.06. The van der Waals surface area contributed by atoms with Crippen LogP contribution < -0.4 is 0 Å². The van der Waals surface area contributed by atoms with Crippen LogP contribution in [0.15, 0.2) is 0 Å². The number of hydrogen-bond acceptors (Lipinski definition) is 1. The van der Waals surface area contributed by atoms with Crippen LogP contribution in [-0.4, -0.2) is 42.3 Å². The van der Waals surface area contributed by atoms with Gasteiger partial charge in [0.2, 0.25) is 0 Å². The third kappa shape index (κ3) is 1020. The molecule has 0 aromatic carbocycles. The highest BCUT2D eigenvalue weighted by molar-refractivity contribution is 6.65. The first kappa shape index (κ1) is 56.3. The van der Waals surface area contributed by atoms with Gasteiger partial charge in [-0.3, -0.25) is 0 Å². The van der Waals surface area contributed by atoms with Gasteiger partial charge in [-0.2, -0.15) is 0 Å². The van der Waals surface area contributed by atoms with Crippen molar-refractivity contribution >= 4 is 244 Å². The van der Waals surface area contributed by atoms with Gasteiger partial charge < -0.3 is 5.11 Å². The predicted octanol–water partition coefficient (Wildman–Crippen LogP) is 13.5. The summed E-state index contributed by atoms with van der Waals surface area (Å²) in [5.74, 6) is 0. The molecule has 0 aliphatic heterocycles. The van der Waals surface area contributed by atoms with E-state index in [0.717, 1.165) is 7.11 Å². The molecule has 0 fully saturated rings. The SMILES string of the molecule is CO.ClC(Cl)Cl.ClC(Cl)Cl.ClC(Cl)Cl.ClC(Cl)Cl.ClC(Cl)Cl.ClC(Cl)Cl.ClC(Cl)Cl. The first-order valence-electron chi connectivity index (χ1n) is 5.03. The Balaban J connectivity index is -0.0000000309. The van der Waals surface area contributed by atoms with Crippen molar-refractivity contribution < 1.29 is 5.11 Å². The largest absolute Gasteiger partial charge is 0.400 e. The van der Waals surface area contributed by atoms with Gasteiger partial charge in [-0.05, 0) is 0 Å². The summed E-state index contributed by atoms with van der Waals surface area (Å²) in [5, 5.41) is 7.00. The minimum absolute atomic E-state index is 0.750. The van der Waals surface area contributed by atoms with E-state index in [1.54, 1.807) is 0 Å². The van der Waals surface area contributed by atoms with Gasteiger partial charge in [0.05, 0.1) is 0 Å². The molecule has 22 heteroatoms. The monoisotopic (exact) mass is 857 g/mol. The number of alkyl halides is 21. The Kier molecular flexibility index (Phi) is 104. The molecule has 1 nitrogen and oxygen atoms in total. The second-order valence-corrected chi connectivity index (χ2v) is 15.6. The lowest BCUT2D eigenvalue weighted by Gasteiger charge is -1.69. The minimum atomic E-state index is -0.750. The number of aliphatic hydroxyl groups is 1. The fraction of sp³-hybridized carbons (Fsp3) is 1.00. The van der Waals surface area contributed by atoms with Crippen molar-refractivity contribution in [1.29, 1.82) is 0 Å². The van der Waals surface area contributed by atoms with Gasteiger partial charge >= 0.3 is 0 Å². The zero-order chi connectivity index (χ0) is 27.0. The van der Waals surface area contributed by atoms with Crippen molar-refractivity contribution in [3.05, 3.63) is 0 Å².